The summed E-state index contributed by atoms with van der Waals surface area (Å²) < 4.78 is 61.4. The van der Waals surface area contributed by atoms with Gasteiger partial charge in [-0.25, -0.2) is 9.69 Å². The lowest BCUT2D eigenvalue weighted by Gasteiger charge is -2.19. The molecule has 0 radical (unpaired) electrons. The number of halogens is 4. The SMILES string of the molecule is ClC(Cl)Cl.O=S(=O)(O)Cl.O=S(=O)=O.[C-]#[N+]c1ccc(Oc2cccc(C(C)(C)C)c2)cc1[N+]#[C-].[C-]#[N+]c1ccc(Oc2cccc(C(C)(C)C)c2)cc1[N+]#[C-]. The van der Waals surface area contributed by atoms with Crippen molar-refractivity contribution in [3.05, 3.63) is 142 Å². The minimum atomic E-state index is -4.19. The topological polar surface area (TPSA) is 141 Å². The normalized spacial score (nSPS) is 10.2. The van der Waals surface area contributed by atoms with Crippen LogP contribution in [-0.4, -0.2) is 29.9 Å². The lowest BCUT2D eigenvalue weighted by atomic mass is 9.87. The Morgan fingerprint density at radius 3 is 1.07 bits per heavy atom. The number of nitrogens with zero attached hydrogens (tertiary/aromatic N) is 4. The van der Waals surface area contributed by atoms with Gasteiger partial charge < -0.3 is 9.47 Å². The standard InChI is InChI=1S/2C18H16N2O.CHCl3.ClHO3S.O3S/c2*1-18(2,3)13-7-6-8-14(11-13)21-15-9-10-16(19-4)17(12-15)20-5;2-1(3)4;1-5(2,3)4;1-4(2)3/h2*6-12H,1-3H3;1H;(H,2,3,4);. The van der Waals surface area contributed by atoms with Gasteiger partial charge in [0, 0.05) is 10.7 Å². The van der Waals surface area contributed by atoms with E-state index in [1.807, 2.05) is 36.4 Å². The molecule has 0 saturated carbocycles. The molecule has 0 fully saturated rings. The summed E-state index contributed by atoms with van der Waals surface area (Å²) in [5.41, 5.74) is 3.79. The average molecular weight is 869 g/mol. The zero-order chi connectivity index (χ0) is 42.6. The number of alkyl halides is 3. The highest BCUT2D eigenvalue weighted by molar-refractivity contribution is 8.09. The Morgan fingerprint density at radius 1 is 0.582 bits per heavy atom. The predicted molar refractivity (Wildman–Crippen MR) is 217 cm³/mol. The molecular weight excluding hydrogens is 834 g/mol. The lowest BCUT2D eigenvalue weighted by molar-refractivity contribution is 0.479. The Bertz CT molecular complexity index is 2150. The first-order valence-electron chi connectivity index (χ1n) is 15.0. The largest absolute Gasteiger partial charge is 0.459 e. The molecule has 0 atom stereocenters. The summed E-state index contributed by atoms with van der Waals surface area (Å²) in [5, 5.41) is 0. The molecule has 4 aromatic carbocycles. The van der Waals surface area contributed by atoms with Crippen LogP contribution in [0.1, 0.15) is 52.7 Å². The summed E-state index contributed by atoms with van der Waals surface area (Å²) in [7, 11) is -3.25. The first-order chi connectivity index (χ1) is 25.3. The van der Waals surface area contributed by atoms with E-state index in [-0.39, 0.29) is 10.8 Å². The fourth-order valence-electron chi connectivity index (χ4n) is 3.83. The van der Waals surface area contributed by atoms with Gasteiger partial charge in [0.1, 0.15) is 23.0 Å². The fraction of sp³-hybridized carbons (Fsp3) is 0.243. The number of hydrogen-bond donors (Lipinski definition) is 1. The summed E-state index contributed by atoms with van der Waals surface area (Å²) in [6, 6.07) is 25.7. The van der Waals surface area contributed by atoms with Crippen LogP contribution in [0.2, 0.25) is 0 Å². The molecule has 0 unspecified atom stereocenters. The molecule has 0 aliphatic heterocycles. The molecule has 0 bridgehead atoms. The molecule has 0 saturated heterocycles. The Kier molecular flexibility index (Phi) is 21.7. The van der Waals surface area contributed by atoms with Crippen LogP contribution in [0.15, 0.2) is 84.9 Å². The van der Waals surface area contributed by atoms with Gasteiger partial charge >= 0.3 is 19.9 Å². The van der Waals surface area contributed by atoms with Crippen molar-refractivity contribution in [3.63, 3.8) is 0 Å². The highest BCUT2D eigenvalue weighted by Gasteiger charge is 2.15. The number of hydrogen-bond acceptors (Lipinski definition) is 7. The zero-order valence-electron chi connectivity index (χ0n) is 30.1. The summed E-state index contributed by atoms with van der Waals surface area (Å²) in [5.74, 6) is 2.60. The van der Waals surface area contributed by atoms with Crippen LogP contribution in [0.4, 0.5) is 22.7 Å². The highest BCUT2D eigenvalue weighted by atomic mass is 35.7. The second-order valence-electron chi connectivity index (χ2n) is 12.4. The zero-order valence-corrected chi connectivity index (χ0v) is 34.7. The van der Waals surface area contributed by atoms with Gasteiger partial charge in [-0.15, -0.1) is 12.6 Å². The van der Waals surface area contributed by atoms with Gasteiger partial charge in [-0.2, -0.15) is 8.42 Å². The molecule has 55 heavy (non-hydrogen) atoms. The second kappa shape index (κ2) is 23.8. The van der Waals surface area contributed by atoms with Crippen LogP contribution in [0.25, 0.3) is 19.4 Å². The van der Waals surface area contributed by atoms with Gasteiger partial charge in [-0.05, 0) is 70.5 Å². The minimum Gasteiger partial charge on any atom is -0.459 e. The number of benzene rings is 4. The lowest BCUT2D eigenvalue weighted by Crippen LogP contribution is -2.10. The third-order valence-corrected chi connectivity index (χ3v) is 6.25. The molecule has 0 heterocycles. The third kappa shape index (κ3) is 22.8. The average Bonchev–Trinajstić information content (AvgIpc) is 3.06. The molecular formula is C37H34Cl4N4O8S2. The minimum absolute atomic E-state index is 0.0506. The Balaban J connectivity index is 0.000000806. The van der Waals surface area contributed by atoms with Crippen molar-refractivity contribution in [1.82, 2.24) is 0 Å². The summed E-state index contributed by atoms with van der Waals surface area (Å²) in [6.07, 6.45) is 0. The van der Waals surface area contributed by atoms with Crippen molar-refractivity contribution in [1.29, 1.82) is 0 Å². The molecule has 4 aromatic rings. The van der Waals surface area contributed by atoms with E-state index in [0.29, 0.717) is 34.2 Å². The Labute approximate surface area is 342 Å². The van der Waals surface area contributed by atoms with Crippen LogP contribution in [-0.2, 0) is 30.8 Å². The maximum Gasteiger partial charge on any atom is 0.425 e. The van der Waals surface area contributed by atoms with E-state index in [1.54, 1.807) is 36.4 Å². The molecule has 0 spiro atoms. The van der Waals surface area contributed by atoms with E-state index in [4.69, 9.17) is 96.2 Å². The second-order valence-corrected chi connectivity index (χ2v) is 16.8. The van der Waals surface area contributed by atoms with Crippen molar-refractivity contribution in [2.75, 3.05) is 0 Å². The van der Waals surface area contributed by atoms with E-state index in [1.165, 1.54) is 11.1 Å². The van der Waals surface area contributed by atoms with Crippen molar-refractivity contribution in [3.8, 4) is 23.0 Å². The van der Waals surface area contributed by atoms with Gasteiger partial charge in [-0.3, -0.25) is 14.2 Å². The summed E-state index contributed by atoms with van der Waals surface area (Å²) >= 11 is 14.4. The summed E-state index contributed by atoms with van der Waals surface area (Å²) in [4.78, 5) is 13.3. The molecule has 290 valence electrons. The van der Waals surface area contributed by atoms with E-state index in [2.05, 4.69) is 83.7 Å². The maximum absolute atomic E-state index is 8.95. The van der Waals surface area contributed by atoms with E-state index < -0.39 is 24.2 Å². The molecule has 0 amide bonds. The molecule has 4 rings (SSSR count). The molecule has 0 aliphatic rings. The van der Waals surface area contributed by atoms with Crippen LogP contribution in [0, 0.1) is 26.3 Å². The number of rotatable bonds is 4. The monoisotopic (exact) mass is 866 g/mol. The van der Waals surface area contributed by atoms with E-state index >= 15 is 0 Å². The van der Waals surface area contributed by atoms with Crippen LogP contribution in [0.3, 0.4) is 0 Å². The van der Waals surface area contributed by atoms with Crippen molar-refractivity contribution < 1.29 is 35.1 Å². The quantitative estimate of drug-likeness (QED) is 0.0925. The van der Waals surface area contributed by atoms with E-state index in [0.717, 1.165) is 11.5 Å². The van der Waals surface area contributed by atoms with Gasteiger partial charge in [0.05, 0.1) is 26.3 Å². The van der Waals surface area contributed by atoms with Crippen LogP contribution < -0.4 is 9.47 Å². The van der Waals surface area contributed by atoms with Crippen LogP contribution >= 0.6 is 45.5 Å². The molecule has 1 N–H and O–H groups in total. The molecule has 12 nitrogen and oxygen atoms in total. The smallest absolute Gasteiger partial charge is 0.425 e. The Hall–Kier alpha value is -4.87. The number of ether oxygens (including phenoxy) is 2. The van der Waals surface area contributed by atoms with Crippen molar-refractivity contribution in [2.24, 2.45) is 0 Å². The van der Waals surface area contributed by atoms with Gasteiger partial charge in [0.25, 0.3) is 0 Å². The van der Waals surface area contributed by atoms with E-state index in [9.17, 15) is 0 Å². The molecule has 0 aliphatic carbocycles. The van der Waals surface area contributed by atoms with Gasteiger partial charge in [-0.1, -0.05) is 113 Å². The Morgan fingerprint density at radius 2 is 0.836 bits per heavy atom. The third-order valence-electron chi connectivity index (χ3n) is 6.25. The van der Waals surface area contributed by atoms with Crippen molar-refractivity contribution in [2.45, 2.75) is 56.7 Å². The summed E-state index contributed by atoms with van der Waals surface area (Å²) in [6.45, 7) is 41.1. The maximum atomic E-state index is 8.95. The van der Waals surface area contributed by atoms with Crippen LogP contribution in [0.5, 0.6) is 23.0 Å². The van der Waals surface area contributed by atoms with Gasteiger partial charge in [0.15, 0.2) is 27.0 Å². The molecule has 18 heteroatoms. The first-order valence-corrected chi connectivity index (χ1v) is 19.6. The van der Waals surface area contributed by atoms with Crippen molar-refractivity contribution >= 4 is 88.2 Å². The van der Waals surface area contributed by atoms with Gasteiger partial charge in [0.2, 0.25) is 0 Å². The predicted octanol–water partition coefficient (Wildman–Crippen LogP) is 12.8. The highest BCUT2D eigenvalue weighted by Crippen LogP contribution is 2.36. The first kappa shape index (κ1) is 50.1. The fourth-order valence-corrected chi connectivity index (χ4v) is 3.83. The molecule has 0 aromatic heterocycles.